The molecule has 1 aliphatic carbocycles. The molecule has 0 bridgehead atoms. The number of aromatic amines is 1. The fourth-order valence-corrected chi connectivity index (χ4v) is 6.63. The van der Waals surface area contributed by atoms with Gasteiger partial charge in [0.15, 0.2) is 0 Å². The number of carboxylic acid groups (broad SMARTS) is 2. The largest absolute Gasteiger partial charge is 0.506 e. The van der Waals surface area contributed by atoms with Crippen LogP contribution < -0.4 is 15.5 Å². The number of fused-ring (bicyclic) bond motifs is 1. The van der Waals surface area contributed by atoms with Crippen molar-refractivity contribution in [2.45, 2.75) is 76.2 Å². The Labute approximate surface area is 291 Å². The number of H-pyrrole nitrogens is 1. The fraction of sp³-hybridized carbons (Fsp3) is 0.548. The first kappa shape index (κ1) is 42.5. The number of phenols is 1. The van der Waals surface area contributed by atoms with Crippen LogP contribution in [-0.4, -0.2) is 94.2 Å². The van der Waals surface area contributed by atoms with Crippen LogP contribution in [0.5, 0.6) is 5.75 Å². The standard InChI is InChI=1S/C27H38N4O3S2.2C2HF3O2/c32-23-10-9-20(26-25(23)30-27(34)36-26)11-14-29-17-18-31(21-6-3-1-2-4-7-21)24(33)13-16-28-15-12-22-8-5-19-35-22;2*3-2(4,5)1(6)7/h5,8-10,19,21,28-29,32H,1-4,6-7,11-18H2,(H,30,34);2*(H,6,7). The van der Waals surface area contributed by atoms with Gasteiger partial charge in [-0.2, -0.15) is 26.3 Å². The molecule has 0 saturated heterocycles. The van der Waals surface area contributed by atoms with Crippen LogP contribution in [0.1, 0.15) is 55.4 Å². The lowest BCUT2D eigenvalue weighted by Gasteiger charge is -2.32. The van der Waals surface area contributed by atoms with E-state index in [1.807, 2.05) is 6.07 Å². The minimum absolute atomic E-state index is 0.110. The van der Waals surface area contributed by atoms with Crippen molar-refractivity contribution in [1.82, 2.24) is 20.5 Å². The third kappa shape index (κ3) is 15.5. The zero-order chi connectivity index (χ0) is 37.3. The van der Waals surface area contributed by atoms with E-state index in [1.165, 1.54) is 30.6 Å². The van der Waals surface area contributed by atoms with Crippen molar-refractivity contribution in [3.05, 3.63) is 49.8 Å². The number of aromatic hydroxyl groups is 1. The van der Waals surface area contributed by atoms with E-state index in [-0.39, 0.29) is 16.5 Å². The van der Waals surface area contributed by atoms with Crippen molar-refractivity contribution in [1.29, 1.82) is 0 Å². The number of aliphatic carboxylic acids is 2. The maximum absolute atomic E-state index is 13.2. The number of aromatic nitrogens is 1. The maximum Gasteiger partial charge on any atom is 0.490 e. The molecule has 0 radical (unpaired) electrons. The minimum atomic E-state index is -5.08. The lowest BCUT2D eigenvalue weighted by atomic mass is 10.1. The Morgan fingerprint density at radius 1 is 0.860 bits per heavy atom. The van der Waals surface area contributed by atoms with E-state index in [0.29, 0.717) is 18.0 Å². The van der Waals surface area contributed by atoms with Crippen molar-refractivity contribution >= 4 is 50.7 Å². The van der Waals surface area contributed by atoms with Crippen LogP contribution in [0.2, 0.25) is 0 Å². The maximum atomic E-state index is 13.2. The molecule has 1 saturated carbocycles. The van der Waals surface area contributed by atoms with Gasteiger partial charge in [-0.05, 0) is 61.8 Å². The van der Waals surface area contributed by atoms with Crippen molar-refractivity contribution < 1.29 is 56.0 Å². The molecule has 3 aromatic rings. The number of halogens is 6. The molecule has 2 aromatic heterocycles. The highest BCUT2D eigenvalue weighted by Gasteiger charge is 2.39. The van der Waals surface area contributed by atoms with Gasteiger partial charge in [0, 0.05) is 37.0 Å². The first-order valence-corrected chi connectivity index (χ1v) is 17.4. The molecule has 0 aliphatic heterocycles. The van der Waals surface area contributed by atoms with Gasteiger partial charge < -0.3 is 35.8 Å². The zero-order valence-electron chi connectivity index (χ0n) is 26.9. The summed E-state index contributed by atoms with van der Waals surface area (Å²) in [5.41, 5.74) is 1.57. The van der Waals surface area contributed by atoms with Gasteiger partial charge in [-0.15, -0.1) is 11.3 Å². The highest BCUT2D eigenvalue weighted by atomic mass is 32.1. The molecule has 1 amide bonds. The quantitative estimate of drug-likeness (QED) is 0.0745. The summed E-state index contributed by atoms with van der Waals surface area (Å²) in [6.07, 6.45) is -0.690. The molecule has 1 fully saturated rings. The number of carbonyl (C=O) groups is 3. The molecule has 2 heterocycles. The average molecular weight is 759 g/mol. The van der Waals surface area contributed by atoms with Gasteiger partial charge in [-0.1, -0.05) is 49.2 Å². The molecule has 0 spiro atoms. The summed E-state index contributed by atoms with van der Waals surface area (Å²) in [6.45, 7) is 3.85. The van der Waals surface area contributed by atoms with Crippen molar-refractivity contribution in [2.75, 3.05) is 32.7 Å². The van der Waals surface area contributed by atoms with E-state index in [2.05, 4.69) is 38.0 Å². The van der Waals surface area contributed by atoms with Crippen molar-refractivity contribution in [3.63, 3.8) is 0 Å². The topological polar surface area (TPSA) is 172 Å². The number of benzene rings is 1. The Balaban J connectivity index is 0.000000521. The molecular weight excluding hydrogens is 718 g/mol. The van der Waals surface area contributed by atoms with Gasteiger partial charge in [0.1, 0.15) is 11.3 Å². The summed E-state index contributed by atoms with van der Waals surface area (Å²) >= 11 is 2.92. The van der Waals surface area contributed by atoms with Crippen LogP contribution in [0.25, 0.3) is 10.2 Å². The lowest BCUT2D eigenvalue weighted by Crippen LogP contribution is -2.45. The van der Waals surface area contributed by atoms with Crippen LogP contribution >= 0.6 is 22.7 Å². The van der Waals surface area contributed by atoms with Crippen LogP contribution in [-0.2, 0) is 27.2 Å². The summed E-state index contributed by atoms with van der Waals surface area (Å²) in [7, 11) is 0. The smallest absolute Gasteiger partial charge is 0.490 e. The molecule has 50 heavy (non-hydrogen) atoms. The van der Waals surface area contributed by atoms with Gasteiger partial charge in [-0.25, -0.2) is 9.59 Å². The number of nitrogens with zero attached hydrogens (tertiary/aromatic N) is 1. The first-order valence-electron chi connectivity index (χ1n) is 15.7. The van der Waals surface area contributed by atoms with Gasteiger partial charge in [0.05, 0.1) is 4.70 Å². The number of phenolic OH excluding ortho intramolecular Hbond substituents is 1. The number of carboxylic acids is 2. The Bertz CT molecular complexity index is 1510. The number of nitrogens with one attached hydrogen (secondary N) is 3. The van der Waals surface area contributed by atoms with Gasteiger partial charge in [0.2, 0.25) is 5.91 Å². The molecule has 6 N–H and O–H groups in total. The number of amides is 1. The Hall–Kier alpha value is -3.68. The number of thiazole rings is 1. The van der Waals surface area contributed by atoms with E-state index in [1.54, 1.807) is 17.4 Å². The van der Waals surface area contributed by atoms with Crippen molar-refractivity contribution in [3.8, 4) is 5.75 Å². The number of alkyl halides is 6. The number of thiophene rings is 1. The normalized spacial score (nSPS) is 13.8. The van der Waals surface area contributed by atoms with E-state index < -0.39 is 24.3 Å². The Kier molecular flexibility index (Phi) is 17.7. The molecule has 0 atom stereocenters. The number of rotatable bonds is 13. The van der Waals surface area contributed by atoms with Gasteiger partial charge >= 0.3 is 29.2 Å². The SMILES string of the molecule is O=C(CCNCCc1cccs1)N(CCNCCc1ccc(O)c2[nH]c(=O)sc12)C1CCCCCC1.O=C(O)C(F)(F)F.O=C(O)C(F)(F)F. The molecule has 19 heteroatoms. The second kappa shape index (κ2) is 20.9. The number of hydrogen-bond acceptors (Lipinski definition) is 9. The zero-order valence-corrected chi connectivity index (χ0v) is 28.5. The fourth-order valence-electron chi connectivity index (χ4n) is 5.03. The Morgan fingerprint density at radius 2 is 1.44 bits per heavy atom. The van der Waals surface area contributed by atoms with Crippen LogP contribution in [0.15, 0.2) is 34.4 Å². The van der Waals surface area contributed by atoms with Crippen molar-refractivity contribution in [2.24, 2.45) is 0 Å². The molecular formula is C31H40F6N4O7S2. The molecule has 1 aliphatic rings. The Morgan fingerprint density at radius 3 is 2.00 bits per heavy atom. The highest BCUT2D eigenvalue weighted by Crippen LogP contribution is 2.28. The van der Waals surface area contributed by atoms with E-state index in [0.717, 1.165) is 80.0 Å². The third-order valence-corrected chi connectivity index (χ3v) is 9.35. The van der Waals surface area contributed by atoms with Gasteiger partial charge in [0.25, 0.3) is 0 Å². The predicted molar refractivity (Wildman–Crippen MR) is 177 cm³/mol. The summed E-state index contributed by atoms with van der Waals surface area (Å²) in [5.74, 6) is -5.15. The predicted octanol–water partition coefficient (Wildman–Crippen LogP) is 5.53. The minimum Gasteiger partial charge on any atom is -0.506 e. The van der Waals surface area contributed by atoms with E-state index in [9.17, 15) is 41.0 Å². The van der Waals surface area contributed by atoms with E-state index >= 15 is 0 Å². The third-order valence-electron chi connectivity index (χ3n) is 7.45. The average Bonchev–Trinajstić information content (AvgIpc) is 3.62. The summed E-state index contributed by atoms with van der Waals surface area (Å²) in [6, 6.07) is 8.11. The van der Waals surface area contributed by atoms with Crippen LogP contribution in [0.4, 0.5) is 26.3 Å². The second-order valence-electron chi connectivity index (χ2n) is 11.1. The summed E-state index contributed by atoms with van der Waals surface area (Å²) < 4.78 is 64.3. The second-order valence-corrected chi connectivity index (χ2v) is 13.1. The summed E-state index contributed by atoms with van der Waals surface area (Å²) in [4.78, 5) is 48.8. The molecule has 1 aromatic carbocycles. The first-order chi connectivity index (χ1) is 23.5. The molecule has 0 unspecified atom stereocenters. The number of hydrogen-bond donors (Lipinski definition) is 6. The highest BCUT2D eigenvalue weighted by molar-refractivity contribution is 7.16. The molecule has 280 valence electrons. The van der Waals surface area contributed by atoms with E-state index in [4.69, 9.17) is 19.8 Å². The van der Waals surface area contributed by atoms with Crippen LogP contribution in [0.3, 0.4) is 0 Å². The monoisotopic (exact) mass is 758 g/mol. The number of carbonyl (C=O) groups excluding carboxylic acids is 1. The van der Waals surface area contributed by atoms with Gasteiger partial charge in [-0.3, -0.25) is 9.59 Å². The summed E-state index contributed by atoms with van der Waals surface area (Å²) in [5, 5.41) is 33.3. The molecule has 11 nitrogen and oxygen atoms in total. The molecule has 4 rings (SSSR count). The van der Waals surface area contributed by atoms with Crippen LogP contribution in [0, 0.1) is 0 Å². The lowest BCUT2D eigenvalue weighted by molar-refractivity contribution is -0.193.